The van der Waals surface area contributed by atoms with E-state index >= 15 is 0 Å². The van der Waals surface area contributed by atoms with Gasteiger partial charge in [-0.25, -0.2) is 9.59 Å². The molecule has 0 spiro atoms. The van der Waals surface area contributed by atoms with Gasteiger partial charge in [-0.15, -0.1) is 0 Å². The summed E-state index contributed by atoms with van der Waals surface area (Å²) in [5, 5.41) is 3.30. The number of carbonyl (C=O) groups is 2. The van der Waals surface area contributed by atoms with Crippen LogP contribution in [0.3, 0.4) is 0 Å². The monoisotopic (exact) mass is 365 g/mol. The average Bonchev–Trinajstić information content (AvgIpc) is 2.96. The summed E-state index contributed by atoms with van der Waals surface area (Å²) in [6.45, 7) is 2.03. The summed E-state index contributed by atoms with van der Waals surface area (Å²) in [5.74, 6) is -0.511. The van der Waals surface area contributed by atoms with Gasteiger partial charge in [-0.3, -0.25) is 0 Å². The van der Waals surface area contributed by atoms with Gasteiger partial charge in [0, 0.05) is 19.0 Å². The molecule has 140 valence electrons. The van der Waals surface area contributed by atoms with E-state index in [4.69, 9.17) is 9.47 Å². The van der Waals surface area contributed by atoms with Gasteiger partial charge in [0.2, 0.25) is 0 Å². The van der Waals surface area contributed by atoms with Crippen LogP contribution in [0.2, 0.25) is 0 Å². The summed E-state index contributed by atoms with van der Waals surface area (Å²) < 4.78 is 10.9. The molecule has 0 amide bonds. The van der Waals surface area contributed by atoms with Crippen molar-refractivity contribution in [2.24, 2.45) is 5.92 Å². The largest absolute Gasteiger partial charge is 0.462 e. The first-order valence-electron chi connectivity index (χ1n) is 9.05. The zero-order valence-corrected chi connectivity index (χ0v) is 15.1. The lowest BCUT2D eigenvalue weighted by Crippen LogP contribution is -2.25. The van der Waals surface area contributed by atoms with Crippen LogP contribution in [0.5, 0.6) is 0 Å². The molecule has 1 atom stereocenters. The van der Waals surface area contributed by atoms with Gasteiger partial charge in [0.05, 0.1) is 17.7 Å². The van der Waals surface area contributed by atoms with Crippen LogP contribution in [0.25, 0.3) is 0 Å². The molecule has 1 unspecified atom stereocenters. The minimum absolute atomic E-state index is 0.141. The normalized spacial score (nSPS) is 16.7. The van der Waals surface area contributed by atoms with Crippen LogP contribution in [-0.4, -0.2) is 38.2 Å². The highest BCUT2D eigenvalue weighted by Gasteiger charge is 2.18. The van der Waals surface area contributed by atoms with Gasteiger partial charge < -0.3 is 14.8 Å². The molecule has 1 N–H and O–H groups in total. The Morgan fingerprint density at radius 1 is 0.889 bits per heavy atom. The number of benzene rings is 2. The summed E-state index contributed by atoms with van der Waals surface area (Å²) in [6, 6.07) is 17.9. The first kappa shape index (κ1) is 18.9. The van der Waals surface area contributed by atoms with E-state index in [0.717, 1.165) is 18.5 Å². The minimum Gasteiger partial charge on any atom is -0.462 e. The summed E-state index contributed by atoms with van der Waals surface area (Å²) in [6.07, 6.45) is 2.76. The first-order valence-corrected chi connectivity index (χ1v) is 9.05. The molecule has 5 nitrogen and oxygen atoms in total. The molecule has 0 radical (unpaired) electrons. The van der Waals surface area contributed by atoms with Crippen LogP contribution >= 0.6 is 0 Å². The van der Waals surface area contributed by atoms with Crippen molar-refractivity contribution < 1.29 is 19.1 Å². The van der Waals surface area contributed by atoms with Crippen molar-refractivity contribution in [3.63, 3.8) is 0 Å². The number of nitrogens with one attached hydrogen (secondary N) is 1. The van der Waals surface area contributed by atoms with E-state index in [0.29, 0.717) is 24.3 Å². The molecular weight excluding hydrogens is 342 g/mol. The van der Waals surface area contributed by atoms with Gasteiger partial charge in [-0.05, 0) is 36.3 Å². The lowest BCUT2D eigenvalue weighted by atomic mass is 10.0. The third kappa shape index (κ3) is 5.79. The summed E-state index contributed by atoms with van der Waals surface area (Å²) >= 11 is 0. The molecule has 0 saturated heterocycles. The topological polar surface area (TPSA) is 64.6 Å². The van der Waals surface area contributed by atoms with Crippen LogP contribution in [0.4, 0.5) is 0 Å². The van der Waals surface area contributed by atoms with E-state index in [-0.39, 0.29) is 24.5 Å². The second kappa shape index (κ2) is 9.69. The van der Waals surface area contributed by atoms with Gasteiger partial charge in [-0.1, -0.05) is 42.5 Å². The molecule has 5 heteroatoms. The molecule has 0 aromatic heterocycles. The Kier molecular flexibility index (Phi) is 6.77. The van der Waals surface area contributed by atoms with Crippen molar-refractivity contribution in [3.05, 3.63) is 83.4 Å². The molecule has 2 aromatic carbocycles. The predicted molar refractivity (Wildman–Crippen MR) is 103 cm³/mol. The zero-order chi connectivity index (χ0) is 18.9. The van der Waals surface area contributed by atoms with Crippen LogP contribution in [0.15, 0.2) is 72.3 Å². The van der Waals surface area contributed by atoms with Gasteiger partial charge in [0.15, 0.2) is 0 Å². The van der Waals surface area contributed by atoms with Crippen molar-refractivity contribution in [2.75, 3.05) is 26.3 Å². The molecule has 0 bridgehead atoms. The molecule has 27 heavy (non-hydrogen) atoms. The highest BCUT2D eigenvalue weighted by Crippen LogP contribution is 2.16. The number of hydrogen-bond donors (Lipinski definition) is 1. The maximum absolute atomic E-state index is 12.1. The van der Waals surface area contributed by atoms with Gasteiger partial charge in [-0.2, -0.15) is 0 Å². The molecule has 3 rings (SSSR count). The van der Waals surface area contributed by atoms with Gasteiger partial charge in [0.25, 0.3) is 0 Å². The summed E-state index contributed by atoms with van der Waals surface area (Å²) in [7, 11) is 0. The van der Waals surface area contributed by atoms with E-state index in [1.54, 1.807) is 24.3 Å². The molecule has 2 aromatic rings. The smallest absolute Gasteiger partial charge is 0.338 e. The molecule has 0 saturated carbocycles. The fourth-order valence-electron chi connectivity index (χ4n) is 2.93. The maximum atomic E-state index is 12.1. The van der Waals surface area contributed by atoms with Crippen molar-refractivity contribution in [1.29, 1.82) is 0 Å². The molecule has 1 heterocycles. The van der Waals surface area contributed by atoms with E-state index in [2.05, 4.69) is 5.32 Å². The lowest BCUT2D eigenvalue weighted by molar-refractivity contribution is 0.0436. The summed E-state index contributed by atoms with van der Waals surface area (Å²) in [5.41, 5.74) is 2.12. The standard InChI is InChI=1S/C22H23NO4/c24-21(19-7-3-1-4-8-19)26-15-17-11-12-23-14-18(13-17)16-27-22(25)20-9-5-2-6-10-20/h1-11,18,23H,12-16H2. The first-order chi connectivity index (χ1) is 13.2. The summed E-state index contributed by atoms with van der Waals surface area (Å²) in [4.78, 5) is 24.2. The van der Waals surface area contributed by atoms with Crippen LogP contribution in [0.1, 0.15) is 27.1 Å². The third-order valence-electron chi connectivity index (χ3n) is 4.38. The fraction of sp³-hybridized carbons (Fsp3) is 0.273. The SMILES string of the molecule is O=C(OCC1=CCNCC(COC(=O)c2ccccc2)C1)c1ccccc1. The van der Waals surface area contributed by atoms with Crippen LogP contribution in [0, 0.1) is 5.92 Å². The number of rotatable bonds is 6. The second-order valence-corrected chi connectivity index (χ2v) is 6.50. The van der Waals surface area contributed by atoms with Crippen molar-refractivity contribution >= 4 is 11.9 Å². The fourth-order valence-corrected chi connectivity index (χ4v) is 2.93. The Hall–Kier alpha value is -2.92. The Morgan fingerprint density at radius 2 is 1.48 bits per heavy atom. The average molecular weight is 365 g/mol. The molecule has 0 fully saturated rings. The highest BCUT2D eigenvalue weighted by molar-refractivity contribution is 5.89. The highest BCUT2D eigenvalue weighted by atomic mass is 16.5. The van der Waals surface area contributed by atoms with Gasteiger partial charge >= 0.3 is 11.9 Å². The lowest BCUT2D eigenvalue weighted by Gasteiger charge is -2.16. The molecular formula is C22H23NO4. The zero-order valence-electron chi connectivity index (χ0n) is 15.1. The molecule has 1 aliphatic rings. The predicted octanol–water partition coefficient (Wildman–Crippen LogP) is 3.24. The van der Waals surface area contributed by atoms with Crippen LogP contribution in [-0.2, 0) is 9.47 Å². The number of ether oxygens (including phenoxy) is 2. The second-order valence-electron chi connectivity index (χ2n) is 6.50. The van der Waals surface area contributed by atoms with E-state index in [1.165, 1.54) is 0 Å². The number of esters is 2. The van der Waals surface area contributed by atoms with E-state index < -0.39 is 0 Å². The molecule has 0 aliphatic carbocycles. The Bertz CT molecular complexity index is 786. The van der Waals surface area contributed by atoms with Crippen molar-refractivity contribution in [1.82, 2.24) is 5.32 Å². The Morgan fingerprint density at radius 3 is 2.11 bits per heavy atom. The number of hydrogen-bond acceptors (Lipinski definition) is 5. The van der Waals surface area contributed by atoms with Crippen molar-refractivity contribution in [3.8, 4) is 0 Å². The maximum Gasteiger partial charge on any atom is 0.338 e. The number of carbonyl (C=O) groups excluding carboxylic acids is 2. The quantitative estimate of drug-likeness (QED) is 0.629. The van der Waals surface area contributed by atoms with E-state index in [1.807, 2.05) is 42.5 Å². The third-order valence-corrected chi connectivity index (χ3v) is 4.38. The molecule has 1 aliphatic heterocycles. The van der Waals surface area contributed by atoms with Gasteiger partial charge in [0.1, 0.15) is 6.61 Å². The van der Waals surface area contributed by atoms with E-state index in [9.17, 15) is 9.59 Å². The Balaban J connectivity index is 1.49. The Labute approximate surface area is 159 Å². The minimum atomic E-state index is -0.333. The van der Waals surface area contributed by atoms with Crippen LogP contribution < -0.4 is 5.32 Å². The van der Waals surface area contributed by atoms with Crippen molar-refractivity contribution in [2.45, 2.75) is 6.42 Å².